The predicted octanol–water partition coefficient (Wildman–Crippen LogP) is -0.0460. The zero-order valence-corrected chi connectivity index (χ0v) is 13.4. The van der Waals surface area contributed by atoms with Gasteiger partial charge in [0.1, 0.15) is 12.0 Å². The zero-order valence-electron chi connectivity index (χ0n) is 13.4. The molecule has 2 aromatic heterocycles. The van der Waals surface area contributed by atoms with Gasteiger partial charge < -0.3 is 15.0 Å². The summed E-state index contributed by atoms with van der Waals surface area (Å²) in [6.45, 7) is 1.97. The Balaban J connectivity index is 1.67. The molecule has 2 aromatic rings. The SMILES string of the molecule is CNC(=O)[C@]12CCOC[C@H]1CN(C(=O)c1cccc3ncnn13)C2. The topological polar surface area (TPSA) is 88.8 Å². The molecular weight excluding hydrogens is 310 g/mol. The molecule has 2 aliphatic rings. The van der Waals surface area contributed by atoms with E-state index >= 15 is 0 Å². The number of ether oxygens (including phenoxy) is 1. The number of nitrogens with zero attached hydrogens (tertiary/aromatic N) is 4. The van der Waals surface area contributed by atoms with Crippen LogP contribution in [0.15, 0.2) is 24.5 Å². The maximum absolute atomic E-state index is 13.0. The summed E-state index contributed by atoms with van der Waals surface area (Å²) in [7, 11) is 1.64. The highest BCUT2D eigenvalue weighted by molar-refractivity contribution is 5.94. The predicted molar refractivity (Wildman–Crippen MR) is 84.3 cm³/mol. The third-order valence-electron chi connectivity index (χ3n) is 5.19. The van der Waals surface area contributed by atoms with Crippen LogP contribution in [0, 0.1) is 11.3 Å². The molecule has 4 heterocycles. The van der Waals surface area contributed by atoms with Crippen molar-refractivity contribution < 1.29 is 14.3 Å². The number of amides is 2. The molecule has 0 unspecified atom stereocenters. The first kappa shape index (κ1) is 15.1. The first-order valence-electron chi connectivity index (χ1n) is 8.04. The summed E-state index contributed by atoms with van der Waals surface area (Å²) < 4.78 is 7.08. The average Bonchev–Trinajstić information content (AvgIpc) is 3.24. The van der Waals surface area contributed by atoms with E-state index in [1.165, 1.54) is 10.8 Å². The summed E-state index contributed by atoms with van der Waals surface area (Å²) in [6.07, 6.45) is 2.06. The molecular formula is C16H19N5O3. The van der Waals surface area contributed by atoms with Crippen LogP contribution in [0.4, 0.5) is 0 Å². The first-order valence-corrected chi connectivity index (χ1v) is 8.04. The lowest BCUT2D eigenvalue weighted by Crippen LogP contribution is -2.49. The number of hydrogen-bond donors (Lipinski definition) is 1. The van der Waals surface area contributed by atoms with E-state index in [1.54, 1.807) is 30.1 Å². The molecule has 0 bridgehead atoms. The second kappa shape index (κ2) is 5.55. The number of rotatable bonds is 2. The van der Waals surface area contributed by atoms with E-state index in [-0.39, 0.29) is 17.7 Å². The molecule has 1 N–H and O–H groups in total. The smallest absolute Gasteiger partial charge is 0.272 e. The van der Waals surface area contributed by atoms with Gasteiger partial charge in [-0.1, -0.05) is 6.07 Å². The fourth-order valence-corrected chi connectivity index (χ4v) is 3.89. The summed E-state index contributed by atoms with van der Waals surface area (Å²) in [4.78, 5) is 31.4. The highest BCUT2D eigenvalue weighted by Gasteiger charge is 2.54. The van der Waals surface area contributed by atoms with Gasteiger partial charge >= 0.3 is 0 Å². The standard InChI is InChI=1S/C16H19N5O3/c1-17-15(23)16-5-6-24-8-11(16)7-20(9-16)14(22)12-3-2-4-13-18-10-19-21(12)13/h2-4,10-11H,5-9H2,1H3,(H,17,23)/t11-,16+/m1/s1. The van der Waals surface area contributed by atoms with Crippen LogP contribution < -0.4 is 5.32 Å². The molecule has 8 nitrogen and oxygen atoms in total. The Morgan fingerprint density at radius 3 is 3.12 bits per heavy atom. The molecule has 2 fully saturated rings. The lowest BCUT2D eigenvalue weighted by molar-refractivity contribution is -0.138. The fraction of sp³-hybridized carbons (Fsp3) is 0.500. The third kappa shape index (κ3) is 2.10. The lowest BCUT2D eigenvalue weighted by Gasteiger charge is -2.36. The van der Waals surface area contributed by atoms with Gasteiger partial charge in [-0.05, 0) is 18.6 Å². The van der Waals surface area contributed by atoms with Gasteiger partial charge in [0.25, 0.3) is 5.91 Å². The van der Waals surface area contributed by atoms with Crippen molar-refractivity contribution in [2.75, 3.05) is 33.4 Å². The normalized spacial score (nSPS) is 26.4. The van der Waals surface area contributed by atoms with Crippen LogP contribution in [0.25, 0.3) is 5.65 Å². The molecule has 8 heteroatoms. The molecule has 0 spiro atoms. The molecule has 0 radical (unpaired) electrons. The van der Waals surface area contributed by atoms with Crippen molar-refractivity contribution in [3.63, 3.8) is 0 Å². The Hall–Kier alpha value is -2.48. The van der Waals surface area contributed by atoms with Gasteiger partial charge in [0, 0.05) is 32.7 Å². The van der Waals surface area contributed by atoms with Gasteiger partial charge in [0.15, 0.2) is 5.65 Å². The van der Waals surface area contributed by atoms with Crippen LogP contribution in [-0.4, -0.2) is 64.7 Å². The Bertz CT molecular complexity index is 804. The summed E-state index contributed by atoms with van der Waals surface area (Å²) >= 11 is 0. The molecule has 2 aliphatic heterocycles. The number of carbonyl (C=O) groups is 2. The largest absolute Gasteiger partial charge is 0.381 e. The molecule has 24 heavy (non-hydrogen) atoms. The van der Waals surface area contributed by atoms with E-state index < -0.39 is 5.41 Å². The van der Waals surface area contributed by atoms with Crippen molar-refractivity contribution >= 4 is 17.5 Å². The van der Waals surface area contributed by atoms with E-state index in [2.05, 4.69) is 15.4 Å². The number of aromatic nitrogens is 3. The number of pyridine rings is 1. The summed E-state index contributed by atoms with van der Waals surface area (Å²) in [5.41, 5.74) is 0.525. The van der Waals surface area contributed by atoms with Crippen LogP contribution in [0.5, 0.6) is 0 Å². The van der Waals surface area contributed by atoms with E-state index in [0.717, 1.165) is 0 Å². The maximum atomic E-state index is 13.0. The minimum absolute atomic E-state index is 0.00920. The molecule has 0 aromatic carbocycles. The quantitative estimate of drug-likeness (QED) is 0.835. The average molecular weight is 329 g/mol. The number of carbonyl (C=O) groups excluding carboxylic acids is 2. The molecule has 126 valence electrons. The van der Waals surface area contributed by atoms with Gasteiger partial charge in [0.2, 0.25) is 5.91 Å². The second-order valence-electron chi connectivity index (χ2n) is 6.38. The Morgan fingerprint density at radius 1 is 1.42 bits per heavy atom. The van der Waals surface area contributed by atoms with E-state index in [0.29, 0.717) is 44.1 Å². The molecule has 2 saturated heterocycles. The Morgan fingerprint density at radius 2 is 2.29 bits per heavy atom. The maximum Gasteiger partial charge on any atom is 0.272 e. The third-order valence-corrected chi connectivity index (χ3v) is 5.19. The van der Waals surface area contributed by atoms with Crippen molar-refractivity contribution in [2.24, 2.45) is 11.3 Å². The van der Waals surface area contributed by atoms with E-state index in [1.807, 2.05) is 0 Å². The van der Waals surface area contributed by atoms with Crippen LogP contribution >= 0.6 is 0 Å². The van der Waals surface area contributed by atoms with E-state index in [4.69, 9.17) is 4.74 Å². The summed E-state index contributed by atoms with van der Waals surface area (Å²) in [5.74, 6) is -0.126. The first-order chi connectivity index (χ1) is 11.7. The second-order valence-corrected chi connectivity index (χ2v) is 6.38. The molecule has 4 rings (SSSR count). The van der Waals surface area contributed by atoms with Crippen molar-refractivity contribution in [3.05, 3.63) is 30.2 Å². The Kier molecular flexibility index (Phi) is 3.49. The van der Waals surface area contributed by atoms with Crippen LogP contribution in [0.1, 0.15) is 16.9 Å². The summed E-state index contributed by atoms with van der Waals surface area (Å²) in [6, 6.07) is 5.32. The van der Waals surface area contributed by atoms with Crippen LogP contribution in [0.2, 0.25) is 0 Å². The highest BCUT2D eigenvalue weighted by atomic mass is 16.5. The molecule has 2 amide bonds. The van der Waals surface area contributed by atoms with Gasteiger partial charge in [-0.3, -0.25) is 9.59 Å². The van der Waals surface area contributed by atoms with Crippen molar-refractivity contribution in [1.29, 1.82) is 0 Å². The number of nitrogens with one attached hydrogen (secondary N) is 1. The zero-order chi connectivity index (χ0) is 16.7. The number of hydrogen-bond acceptors (Lipinski definition) is 5. The van der Waals surface area contributed by atoms with Gasteiger partial charge in [0.05, 0.1) is 12.0 Å². The van der Waals surface area contributed by atoms with Crippen molar-refractivity contribution in [1.82, 2.24) is 24.8 Å². The molecule has 2 atom stereocenters. The van der Waals surface area contributed by atoms with E-state index in [9.17, 15) is 9.59 Å². The minimum atomic E-state index is -0.557. The van der Waals surface area contributed by atoms with Gasteiger partial charge in [-0.2, -0.15) is 5.10 Å². The monoisotopic (exact) mass is 329 g/mol. The summed E-state index contributed by atoms with van der Waals surface area (Å²) in [5, 5.41) is 6.89. The van der Waals surface area contributed by atoms with Crippen molar-refractivity contribution in [2.45, 2.75) is 6.42 Å². The van der Waals surface area contributed by atoms with Gasteiger partial charge in [-0.15, -0.1) is 0 Å². The fourth-order valence-electron chi connectivity index (χ4n) is 3.89. The minimum Gasteiger partial charge on any atom is -0.381 e. The Labute approximate surface area is 138 Å². The number of fused-ring (bicyclic) bond motifs is 2. The van der Waals surface area contributed by atoms with Crippen LogP contribution in [0.3, 0.4) is 0 Å². The van der Waals surface area contributed by atoms with Crippen LogP contribution in [-0.2, 0) is 9.53 Å². The number of likely N-dealkylation sites (tertiary alicyclic amines) is 1. The molecule has 0 aliphatic carbocycles. The lowest BCUT2D eigenvalue weighted by atomic mass is 9.73. The molecule has 0 saturated carbocycles. The van der Waals surface area contributed by atoms with Crippen molar-refractivity contribution in [3.8, 4) is 0 Å². The van der Waals surface area contributed by atoms with Gasteiger partial charge in [-0.25, -0.2) is 9.50 Å². The highest BCUT2D eigenvalue weighted by Crippen LogP contribution is 2.42.